The summed E-state index contributed by atoms with van der Waals surface area (Å²) in [5, 5.41) is 17.4. The minimum absolute atomic E-state index is 0.0531. The summed E-state index contributed by atoms with van der Waals surface area (Å²) in [6.45, 7) is 1.85. The molecule has 3 fully saturated rings. The third-order valence-electron chi connectivity index (χ3n) is 7.36. The molecule has 0 unspecified atom stereocenters. The van der Waals surface area contributed by atoms with Crippen LogP contribution < -0.4 is 15.4 Å². The van der Waals surface area contributed by atoms with E-state index in [0.717, 1.165) is 68.1 Å². The van der Waals surface area contributed by atoms with Crippen molar-refractivity contribution < 1.29 is 18.6 Å². The number of aliphatic hydroxyl groups excluding tert-OH is 1. The van der Waals surface area contributed by atoms with Gasteiger partial charge in [-0.1, -0.05) is 0 Å². The Morgan fingerprint density at radius 1 is 0.970 bits per heavy atom. The highest BCUT2D eigenvalue weighted by Gasteiger charge is 2.35. The predicted octanol–water partition coefficient (Wildman–Crippen LogP) is 4.16. The maximum atomic E-state index is 13.5. The summed E-state index contributed by atoms with van der Waals surface area (Å²) in [4.78, 5) is 14.0. The molecule has 5 rings (SSSR count). The Kier molecular flexibility index (Phi) is 6.60. The van der Waals surface area contributed by atoms with Gasteiger partial charge in [0.15, 0.2) is 0 Å². The molecule has 1 aliphatic heterocycles. The second-order valence-electron chi connectivity index (χ2n) is 9.82. The number of anilines is 1. The van der Waals surface area contributed by atoms with Gasteiger partial charge in [-0.15, -0.1) is 0 Å². The maximum Gasteiger partial charge on any atom is 0.248 e. The molecule has 0 atom stereocenters. The van der Waals surface area contributed by atoms with E-state index < -0.39 is 5.92 Å². The molecule has 1 saturated heterocycles. The average molecular weight is 462 g/mol. The van der Waals surface area contributed by atoms with Crippen LogP contribution in [0, 0.1) is 0 Å². The normalized spacial score (nSPS) is 26.9. The average Bonchev–Trinajstić information content (AvgIpc) is 2.82. The highest BCUT2D eigenvalue weighted by atomic mass is 19.3. The third kappa shape index (κ3) is 5.35. The Hall–Kier alpha value is -2.13. The van der Waals surface area contributed by atoms with Gasteiger partial charge in [0.25, 0.3) is 0 Å². The zero-order chi connectivity index (χ0) is 22.8. The van der Waals surface area contributed by atoms with Crippen LogP contribution in [0.2, 0.25) is 0 Å². The third-order valence-corrected chi connectivity index (χ3v) is 7.36. The van der Waals surface area contributed by atoms with Gasteiger partial charge in [-0.2, -0.15) is 0 Å². The van der Waals surface area contributed by atoms with Crippen LogP contribution >= 0.6 is 0 Å². The highest BCUT2D eigenvalue weighted by Crippen LogP contribution is 2.38. The first kappa shape index (κ1) is 22.7. The number of nitrogens with one attached hydrogen (secondary N) is 2. The van der Waals surface area contributed by atoms with Crippen LogP contribution in [0.25, 0.3) is 10.9 Å². The highest BCUT2D eigenvalue weighted by molar-refractivity contribution is 5.86. The van der Waals surface area contributed by atoms with E-state index in [1.54, 1.807) is 6.20 Å². The zero-order valence-electron chi connectivity index (χ0n) is 18.9. The number of rotatable bonds is 5. The molecule has 7 nitrogen and oxygen atoms in total. The number of fused-ring (bicyclic) bond motifs is 1. The van der Waals surface area contributed by atoms with Crippen molar-refractivity contribution in [1.29, 1.82) is 0 Å². The van der Waals surface area contributed by atoms with Crippen LogP contribution in [-0.2, 0) is 0 Å². The molecule has 9 heteroatoms. The Balaban J connectivity index is 1.43. The molecule has 180 valence electrons. The molecule has 3 aliphatic rings. The van der Waals surface area contributed by atoms with Crippen LogP contribution in [0.4, 0.5) is 14.7 Å². The van der Waals surface area contributed by atoms with E-state index in [4.69, 9.17) is 9.72 Å². The fourth-order valence-electron chi connectivity index (χ4n) is 5.30. The van der Waals surface area contributed by atoms with Crippen molar-refractivity contribution in [3.05, 3.63) is 18.0 Å². The number of aromatic nitrogens is 3. The predicted molar refractivity (Wildman–Crippen MR) is 122 cm³/mol. The number of piperidine rings is 1. The lowest BCUT2D eigenvalue weighted by Gasteiger charge is -2.29. The van der Waals surface area contributed by atoms with E-state index in [9.17, 15) is 13.9 Å². The Morgan fingerprint density at radius 2 is 1.70 bits per heavy atom. The number of hydrogen-bond donors (Lipinski definition) is 3. The lowest BCUT2D eigenvalue weighted by Crippen LogP contribution is -2.34. The lowest BCUT2D eigenvalue weighted by molar-refractivity contribution is -0.0361. The largest absolute Gasteiger partial charge is 0.474 e. The second kappa shape index (κ2) is 9.62. The monoisotopic (exact) mass is 461 g/mol. The molecule has 33 heavy (non-hydrogen) atoms. The number of hydrogen-bond acceptors (Lipinski definition) is 7. The van der Waals surface area contributed by atoms with Crippen molar-refractivity contribution in [2.24, 2.45) is 0 Å². The molecule has 0 amide bonds. The first-order valence-electron chi connectivity index (χ1n) is 12.3. The van der Waals surface area contributed by atoms with E-state index in [0.29, 0.717) is 24.7 Å². The number of nitrogens with zero attached hydrogens (tertiary/aromatic N) is 3. The van der Waals surface area contributed by atoms with E-state index in [2.05, 4.69) is 20.6 Å². The standard InChI is InChI=1S/C24H33F2N5O2/c25-24(26)9-5-16(6-10-24)30-23-29-14-20-21(31-23)19(15-1-3-17(32)4-2-15)13-28-22(20)33-18-7-11-27-12-8-18/h13-18,27,32H,1-12H2,(H,29,30,31)/t15-,17-. The number of aliphatic hydroxyl groups is 1. The van der Waals surface area contributed by atoms with Crippen molar-refractivity contribution in [3.63, 3.8) is 0 Å². The fourth-order valence-corrected chi connectivity index (χ4v) is 5.30. The van der Waals surface area contributed by atoms with Gasteiger partial charge in [-0.3, -0.25) is 0 Å². The summed E-state index contributed by atoms with van der Waals surface area (Å²) in [6, 6.07) is -0.0531. The zero-order valence-corrected chi connectivity index (χ0v) is 18.9. The van der Waals surface area contributed by atoms with Crippen LogP contribution in [0.15, 0.2) is 12.4 Å². The van der Waals surface area contributed by atoms with E-state index >= 15 is 0 Å². The molecule has 2 saturated carbocycles. The van der Waals surface area contributed by atoms with Crippen LogP contribution in [0.3, 0.4) is 0 Å². The Labute approximate surface area is 192 Å². The van der Waals surface area contributed by atoms with E-state index in [1.807, 2.05) is 6.20 Å². The quantitative estimate of drug-likeness (QED) is 0.616. The van der Waals surface area contributed by atoms with Gasteiger partial charge < -0.3 is 20.5 Å². The summed E-state index contributed by atoms with van der Waals surface area (Å²) in [5.41, 5.74) is 1.86. The van der Waals surface area contributed by atoms with E-state index in [1.165, 1.54) is 0 Å². The van der Waals surface area contributed by atoms with Crippen molar-refractivity contribution >= 4 is 16.9 Å². The summed E-state index contributed by atoms with van der Waals surface area (Å²) in [5.74, 6) is -1.27. The summed E-state index contributed by atoms with van der Waals surface area (Å²) >= 11 is 0. The summed E-state index contributed by atoms with van der Waals surface area (Å²) in [7, 11) is 0. The molecule has 3 N–H and O–H groups in total. The molecular weight excluding hydrogens is 428 g/mol. The maximum absolute atomic E-state index is 13.5. The van der Waals surface area contributed by atoms with Gasteiger partial charge in [-0.05, 0) is 70.4 Å². The van der Waals surface area contributed by atoms with Crippen molar-refractivity contribution in [2.75, 3.05) is 18.4 Å². The second-order valence-corrected chi connectivity index (χ2v) is 9.82. The molecule has 2 aliphatic carbocycles. The molecule has 2 aromatic heterocycles. The summed E-state index contributed by atoms with van der Waals surface area (Å²) < 4.78 is 33.4. The van der Waals surface area contributed by atoms with Crippen LogP contribution in [0.5, 0.6) is 5.88 Å². The van der Waals surface area contributed by atoms with Gasteiger partial charge in [0.2, 0.25) is 17.8 Å². The van der Waals surface area contributed by atoms with Crippen LogP contribution in [-0.4, -0.2) is 57.3 Å². The van der Waals surface area contributed by atoms with Gasteiger partial charge in [0, 0.05) is 36.8 Å². The number of ether oxygens (including phenoxy) is 1. The molecule has 3 heterocycles. The van der Waals surface area contributed by atoms with Gasteiger partial charge in [0.1, 0.15) is 6.10 Å². The van der Waals surface area contributed by atoms with Gasteiger partial charge >= 0.3 is 0 Å². The minimum atomic E-state index is -2.56. The van der Waals surface area contributed by atoms with E-state index in [-0.39, 0.29) is 37.0 Å². The Bertz CT molecular complexity index is 951. The van der Waals surface area contributed by atoms with Crippen LogP contribution in [0.1, 0.15) is 75.7 Å². The first-order valence-corrected chi connectivity index (χ1v) is 12.3. The molecule has 0 aromatic carbocycles. The van der Waals surface area contributed by atoms with Crippen molar-refractivity contribution in [2.45, 2.75) is 94.3 Å². The number of alkyl halides is 2. The number of pyridine rings is 1. The molecule has 2 aromatic rings. The smallest absolute Gasteiger partial charge is 0.248 e. The fraction of sp³-hybridized carbons (Fsp3) is 0.708. The SMILES string of the molecule is O[C@H]1CC[C@H](c2cnc(OC3CCNCC3)c3cnc(NC4CCC(F)(F)CC4)nc32)CC1. The Morgan fingerprint density at radius 3 is 2.42 bits per heavy atom. The molecular formula is C24H33F2N5O2. The topological polar surface area (TPSA) is 92.2 Å². The van der Waals surface area contributed by atoms with Gasteiger partial charge in [0.05, 0.1) is 17.0 Å². The molecule has 0 bridgehead atoms. The number of halogens is 2. The lowest BCUT2D eigenvalue weighted by atomic mass is 9.83. The van der Waals surface area contributed by atoms with Crippen molar-refractivity contribution in [1.82, 2.24) is 20.3 Å². The molecule has 0 radical (unpaired) electrons. The minimum Gasteiger partial charge on any atom is -0.474 e. The first-order chi connectivity index (χ1) is 16.0. The van der Waals surface area contributed by atoms with Gasteiger partial charge in [-0.25, -0.2) is 23.7 Å². The molecule has 0 spiro atoms. The summed E-state index contributed by atoms with van der Waals surface area (Å²) in [6.07, 6.45) is 9.27. The van der Waals surface area contributed by atoms with Crippen molar-refractivity contribution in [3.8, 4) is 5.88 Å².